The highest BCUT2D eigenvalue weighted by molar-refractivity contribution is 7.99. The zero-order chi connectivity index (χ0) is 24.8. The van der Waals surface area contributed by atoms with Crippen LogP contribution in [0, 0.1) is 6.92 Å². The van der Waals surface area contributed by atoms with Gasteiger partial charge in [0.1, 0.15) is 5.75 Å². The number of carbonyl (C=O) groups is 1. The van der Waals surface area contributed by atoms with Crippen LogP contribution in [-0.4, -0.2) is 47.1 Å². The Labute approximate surface area is 210 Å². The second-order valence-corrected chi connectivity index (χ2v) is 9.16. The molecule has 0 bridgehead atoms. The molecule has 0 aliphatic heterocycles. The van der Waals surface area contributed by atoms with E-state index >= 15 is 0 Å². The summed E-state index contributed by atoms with van der Waals surface area (Å²) in [7, 11) is 3.96. The van der Waals surface area contributed by atoms with Crippen LogP contribution in [-0.2, 0) is 4.79 Å². The van der Waals surface area contributed by atoms with Gasteiger partial charge in [-0.05, 0) is 68.4 Å². The minimum Gasteiger partial charge on any atom is -0.494 e. The summed E-state index contributed by atoms with van der Waals surface area (Å²) in [6.45, 7) is 4.61. The van der Waals surface area contributed by atoms with Gasteiger partial charge in [-0.1, -0.05) is 35.5 Å². The zero-order valence-electron chi connectivity index (χ0n) is 20.4. The number of carbonyl (C=O) groups excluding carboxylic acids is 1. The molecule has 3 aromatic carbocycles. The predicted octanol–water partition coefficient (Wildman–Crippen LogP) is 5.44. The molecule has 4 rings (SSSR count). The van der Waals surface area contributed by atoms with E-state index in [0.717, 1.165) is 39.8 Å². The molecule has 1 aromatic heterocycles. The first kappa shape index (κ1) is 24.3. The standard InChI is InChI=1S/C27H29N5O2S/c1-5-34-24-15-13-23(14-16-24)32-26(20-8-6-7-19(2)17-20)29-30-27(32)35-18-25(33)28-21-9-11-22(12-10-21)31(3)4/h6-17H,5,18H2,1-4H3,(H,28,33). The van der Waals surface area contributed by atoms with Gasteiger partial charge < -0.3 is 15.0 Å². The van der Waals surface area contributed by atoms with E-state index in [1.165, 1.54) is 11.8 Å². The molecule has 0 saturated heterocycles. The van der Waals surface area contributed by atoms with Crippen LogP contribution in [0.25, 0.3) is 17.1 Å². The Bertz CT molecular complexity index is 1280. The van der Waals surface area contributed by atoms with Crippen molar-refractivity contribution in [3.63, 3.8) is 0 Å². The average Bonchev–Trinajstić information content (AvgIpc) is 3.28. The number of anilines is 2. The van der Waals surface area contributed by atoms with Crippen LogP contribution in [0.5, 0.6) is 5.75 Å². The zero-order valence-corrected chi connectivity index (χ0v) is 21.2. The summed E-state index contributed by atoms with van der Waals surface area (Å²) in [4.78, 5) is 14.7. The number of nitrogens with zero attached hydrogens (tertiary/aromatic N) is 4. The maximum Gasteiger partial charge on any atom is 0.234 e. The lowest BCUT2D eigenvalue weighted by Gasteiger charge is -2.13. The summed E-state index contributed by atoms with van der Waals surface area (Å²) >= 11 is 1.35. The Hall–Kier alpha value is -3.78. The van der Waals surface area contributed by atoms with Crippen LogP contribution < -0.4 is 15.0 Å². The molecule has 0 aliphatic carbocycles. The van der Waals surface area contributed by atoms with E-state index in [1.807, 2.05) is 104 Å². The normalized spacial score (nSPS) is 10.7. The van der Waals surface area contributed by atoms with E-state index in [-0.39, 0.29) is 11.7 Å². The SMILES string of the molecule is CCOc1ccc(-n2c(SCC(=O)Nc3ccc(N(C)C)cc3)nnc2-c2cccc(C)c2)cc1. The summed E-state index contributed by atoms with van der Waals surface area (Å²) in [5, 5.41) is 12.5. The molecule has 1 N–H and O–H groups in total. The van der Waals surface area contributed by atoms with E-state index in [4.69, 9.17) is 4.74 Å². The molecule has 180 valence electrons. The van der Waals surface area contributed by atoms with E-state index in [2.05, 4.69) is 21.6 Å². The number of thioether (sulfide) groups is 1. The van der Waals surface area contributed by atoms with Gasteiger partial charge in [0.25, 0.3) is 0 Å². The van der Waals surface area contributed by atoms with Crippen LogP contribution >= 0.6 is 11.8 Å². The number of ether oxygens (including phenoxy) is 1. The number of nitrogens with one attached hydrogen (secondary N) is 1. The molecule has 0 atom stereocenters. The molecule has 7 nitrogen and oxygen atoms in total. The van der Waals surface area contributed by atoms with E-state index in [0.29, 0.717) is 11.8 Å². The van der Waals surface area contributed by atoms with Crippen molar-refractivity contribution in [2.75, 3.05) is 36.7 Å². The quantitative estimate of drug-likeness (QED) is 0.317. The van der Waals surface area contributed by atoms with Crippen molar-refractivity contribution in [3.8, 4) is 22.8 Å². The molecule has 1 heterocycles. The molecule has 0 aliphatic rings. The van der Waals surface area contributed by atoms with Gasteiger partial charge in [-0.25, -0.2) is 0 Å². The maximum atomic E-state index is 12.7. The van der Waals surface area contributed by atoms with Crippen LogP contribution in [0.3, 0.4) is 0 Å². The Morgan fingerprint density at radius 3 is 2.43 bits per heavy atom. The lowest BCUT2D eigenvalue weighted by atomic mass is 10.1. The molecule has 4 aromatic rings. The third kappa shape index (κ3) is 6.02. The van der Waals surface area contributed by atoms with Crippen molar-refractivity contribution in [3.05, 3.63) is 78.4 Å². The topological polar surface area (TPSA) is 72.3 Å². The Morgan fingerprint density at radius 1 is 1.03 bits per heavy atom. The Morgan fingerprint density at radius 2 is 1.77 bits per heavy atom. The average molecular weight is 488 g/mol. The van der Waals surface area contributed by atoms with Crippen molar-refractivity contribution in [2.24, 2.45) is 0 Å². The molecular formula is C27H29N5O2S. The fourth-order valence-electron chi connectivity index (χ4n) is 3.60. The second-order valence-electron chi connectivity index (χ2n) is 8.22. The van der Waals surface area contributed by atoms with Gasteiger partial charge in [-0.3, -0.25) is 9.36 Å². The van der Waals surface area contributed by atoms with Crippen molar-refractivity contribution in [2.45, 2.75) is 19.0 Å². The van der Waals surface area contributed by atoms with Gasteiger partial charge in [0.15, 0.2) is 11.0 Å². The first-order valence-electron chi connectivity index (χ1n) is 11.4. The molecule has 0 radical (unpaired) electrons. The van der Waals surface area contributed by atoms with E-state index in [9.17, 15) is 4.79 Å². The van der Waals surface area contributed by atoms with Crippen molar-refractivity contribution >= 4 is 29.0 Å². The minimum atomic E-state index is -0.106. The third-order valence-corrected chi connectivity index (χ3v) is 6.24. The highest BCUT2D eigenvalue weighted by Gasteiger charge is 2.18. The lowest BCUT2D eigenvalue weighted by Crippen LogP contribution is -2.15. The number of rotatable bonds is 9. The fraction of sp³-hybridized carbons (Fsp3) is 0.222. The number of amides is 1. The number of aryl methyl sites for hydroxylation is 1. The summed E-state index contributed by atoms with van der Waals surface area (Å²) in [5.74, 6) is 1.62. The number of hydrogen-bond donors (Lipinski definition) is 1. The van der Waals surface area contributed by atoms with Crippen LogP contribution in [0.1, 0.15) is 12.5 Å². The van der Waals surface area contributed by atoms with E-state index < -0.39 is 0 Å². The van der Waals surface area contributed by atoms with Gasteiger partial charge in [0, 0.05) is 36.7 Å². The summed E-state index contributed by atoms with van der Waals surface area (Å²) < 4.78 is 7.57. The van der Waals surface area contributed by atoms with Crippen LogP contribution in [0.2, 0.25) is 0 Å². The first-order valence-corrected chi connectivity index (χ1v) is 12.4. The Balaban J connectivity index is 1.56. The minimum absolute atomic E-state index is 0.106. The fourth-order valence-corrected chi connectivity index (χ4v) is 4.35. The molecule has 0 spiro atoms. The lowest BCUT2D eigenvalue weighted by molar-refractivity contribution is -0.113. The second kappa shape index (κ2) is 11.1. The molecule has 0 unspecified atom stereocenters. The number of aromatic nitrogens is 3. The predicted molar refractivity (Wildman–Crippen MR) is 143 cm³/mol. The first-order chi connectivity index (χ1) is 16.9. The highest BCUT2D eigenvalue weighted by atomic mass is 32.2. The third-order valence-electron chi connectivity index (χ3n) is 5.32. The Kier molecular flexibility index (Phi) is 7.72. The van der Waals surface area contributed by atoms with Gasteiger partial charge in [-0.2, -0.15) is 0 Å². The van der Waals surface area contributed by atoms with Crippen LogP contribution in [0.4, 0.5) is 11.4 Å². The molecule has 1 amide bonds. The van der Waals surface area contributed by atoms with Gasteiger partial charge in [-0.15, -0.1) is 10.2 Å². The molecule has 0 saturated carbocycles. The smallest absolute Gasteiger partial charge is 0.234 e. The molecular weight excluding hydrogens is 458 g/mol. The van der Waals surface area contributed by atoms with Crippen molar-refractivity contribution in [1.82, 2.24) is 14.8 Å². The number of hydrogen-bond acceptors (Lipinski definition) is 6. The van der Waals surface area contributed by atoms with E-state index in [1.54, 1.807) is 0 Å². The van der Waals surface area contributed by atoms with Crippen molar-refractivity contribution in [1.29, 1.82) is 0 Å². The summed E-state index contributed by atoms with van der Waals surface area (Å²) in [5.41, 5.74) is 4.83. The molecule has 35 heavy (non-hydrogen) atoms. The number of benzene rings is 3. The highest BCUT2D eigenvalue weighted by Crippen LogP contribution is 2.29. The molecule has 8 heteroatoms. The largest absolute Gasteiger partial charge is 0.494 e. The summed E-state index contributed by atoms with van der Waals surface area (Å²) in [6.07, 6.45) is 0. The molecule has 0 fully saturated rings. The van der Waals surface area contributed by atoms with Gasteiger partial charge in [0.2, 0.25) is 5.91 Å². The summed E-state index contributed by atoms with van der Waals surface area (Å²) in [6, 6.07) is 23.7. The van der Waals surface area contributed by atoms with Crippen molar-refractivity contribution < 1.29 is 9.53 Å². The maximum absolute atomic E-state index is 12.7. The monoisotopic (exact) mass is 487 g/mol. The van der Waals surface area contributed by atoms with Gasteiger partial charge >= 0.3 is 0 Å². The van der Waals surface area contributed by atoms with Gasteiger partial charge in [0.05, 0.1) is 12.4 Å². The van der Waals surface area contributed by atoms with Crippen LogP contribution in [0.15, 0.2) is 78.0 Å².